The maximum atomic E-state index is 10.6. The highest BCUT2D eigenvalue weighted by Gasteiger charge is 2.49. The molecule has 0 radical (unpaired) electrons. The molecule has 1 nitrogen and oxygen atoms in total. The Hall–Kier alpha value is -1.60. The lowest BCUT2D eigenvalue weighted by Gasteiger charge is -2.23. The third kappa shape index (κ3) is 2.43. The van der Waals surface area contributed by atoms with Gasteiger partial charge in [0.2, 0.25) is 0 Å². The average Bonchev–Trinajstić information content (AvgIpc) is 3.21. The molecule has 0 aromatic heterocycles. The minimum absolute atomic E-state index is 0.00497. The first kappa shape index (κ1) is 12.4. The van der Waals surface area contributed by atoms with E-state index in [-0.39, 0.29) is 11.5 Å². The van der Waals surface area contributed by atoms with Crippen molar-refractivity contribution in [2.45, 2.75) is 37.7 Å². The molecule has 19 heavy (non-hydrogen) atoms. The summed E-state index contributed by atoms with van der Waals surface area (Å²) in [6.45, 7) is 2.10. The van der Waals surface area contributed by atoms with E-state index in [4.69, 9.17) is 0 Å². The molecule has 2 aromatic rings. The zero-order valence-corrected chi connectivity index (χ0v) is 11.3. The second-order valence-electron chi connectivity index (χ2n) is 5.73. The fourth-order valence-electron chi connectivity index (χ4n) is 2.98. The van der Waals surface area contributed by atoms with E-state index in [1.165, 1.54) is 16.7 Å². The largest absolute Gasteiger partial charge is 0.392 e. The number of benzene rings is 2. The van der Waals surface area contributed by atoms with Crippen molar-refractivity contribution in [3.05, 3.63) is 71.3 Å². The lowest BCUT2D eigenvalue weighted by Crippen LogP contribution is -2.28. The topological polar surface area (TPSA) is 20.2 Å². The third-order valence-electron chi connectivity index (χ3n) is 4.29. The van der Waals surface area contributed by atoms with Crippen LogP contribution in [0.1, 0.15) is 29.5 Å². The number of aliphatic hydroxyl groups excluding tert-OH is 1. The lowest BCUT2D eigenvalue weighted by molar-refractivity contribution is 0.131. The van der Waals surface area contributed by atoms with Crippen molar-refractivity contribution in [3.63, 3.8) is 0 Å². The number of aliphatic hydroxyl groups is 1. The van der Waals surface area contributed by atoms with Crippen LogP contribution in [0.5, 0.6) is 0 Å². The van der Waals surface area contributed by atoms with Crippen molar-refractivity contribution in [3.8, 4) is 0 Å². The van der Waals surface area contributed by atoms with Crippen LogP contribution in [-0.4, -0.2) is 11.2 Å². The van der Waals surface area contributed by atoms with E-state index < -0.39 is 0 Å². The molecular weight excluding hydrogens is 232 g/mol. The van der Waals surface area contributed by atoms with E-state index in [0.717, 1.165) is 19.3 Å². The summed E-state index contributed by atoms with van der Waals surface area (Å²) in [5.41, 5.74) is 3.78. The predicted octanol–water partition coefficient (Wildman–Crippen LogP) is 3.63. The maximum absolute atomic E-state index is 10.6. The predicted molar refractivity (Wildman–Crippen MR) is 78.2 cm³/mol. The van der Waals surface area contributed by atoms with Crippen molar-refractivity contribution in [1.29, 1.82) is 0 Å². The van der Waals surface area contributed by atoms with Gasteiger partial charge in [0.05, 0.1) is 6.10 Å². The van der Waals surface area contributed by atoms with Crippen LogP contribution < -0.4 is 0 Å². The van der Waals surface area contributed by atoms with Gasteiger partial charge in [0.25, 0.3) is 0 Å². The molecule has 1 aliphatic carbocycles. The van der Waals surface area contributed by atoms with E-state index in [1.54, 1.807) is 0 Å². The summed E-state index contributed by atoms with van der Waals surface area (Å²) in [6.07, 6.45) is 2.67. The van der Waals surface area contributed by atoms with E-state index in [0.29, 0.717) is 0 Å². The molecule has 0 aliphatic heterocycles. The van der Waals surface area contributed by atoms with Crippen LogP contribution in [0.4, 0.5) is 0 Å². The molecule has 1 N–H and O–H groups in total. The van der Waals surface area contributed by atoms with Gasteiger partial charge < -0.3 is 5.11 Å². The molecule has 1 atom stereocenters. The Bertz CT molecular complexity index is 555. The van der Waals surface area contributed by atoms with Crippen LogP contribution >= 0.6 is 0 Å². The van der Waals surface area contributed by atoms with Gasteiger partial charge in [-0.05, 0) is 37.3 Å². The van der Waals surface area contributed by atoms with Crippen molar-refractivity contribution in [1.82, 2.24) is 0 Å². The van der Waals surface area contributed by atoms with Crippen LogP contribution in [0, 0.1) is 6.92 Å². The van der Waals surface area contributed by atoms with E-state index in [9.17, 15) is 5.11 Å². The zero-order valence-electron chi connectivity index (χ0n) is 11.3. The molecule has 2 aromatic carbocycles. The Morgan fingerprint density at radius 1 is 1.05 bits per heavy atom. The van der Waals surface area contributed by atoms with Gasteiger partial charge >= 0.3 is 0 Å². The zero-order chi connectivity index (χ0) is 13.3. The first-order chi connectivity index (χ1) is 9.21. The third-order valence-corrected chi connectivity index (χ3v) is 4.29. The Morgan fingerprint density at radius 3 is 2.42 bits per heavy atom. The molecule has 1 saturated carbocycles. The summed E-state index contributed by atoms with van der Waals surface area (Å²) >= 11 is 0. The van der Waals surface area contributed by atoms with Crippen LogP contribution in [0.25, 0.3) is 0 Å². The highest BCUT2D eigenvalue weighted by molar-refractivity contribution is 5.34. The first-order valence-corrected chi connectivity index (χ1v) is 7.00. The number of hydrogen-bond donors (Lipinski definition) is 1. The molecule has 98 valence electrons. The summed E-state index contributed by atoms with van der Waals surface area (Å²) in [5, 5.41) is 10.6. The summed E-state index contributed by atoms with van der Waals surface area (Å²) in [7, 11) is 0. The second-order valence-corrected chi connectivity index (χ2v) is 5.73. The van der Waals surface area contributed by atoms with E-state index in [2.05, 4.69) is 55.5 Å². The molecule has 3 rings (SSSR count). The minimum Gasteiger partial charge on any atom is -0.392 e. The van der Waals surface area contributed by atoms with E-state index in [1.807, 2.05) is 6.07 Å². The molecule has 1 unspecified atom stereocenters. The second kappa shape index (κ2) is 4.82. The highest BCUT2D eigenvalue weighted by atomic mass is 16.3. The standard InChI is InChI=1S/C18H20O/c1-14-6-5-7-15(12-14)13-17(19)18(10-11-18)16-8-3-2-4-9-16/h2-9,12,17,19H,10-11,13H2,1H3. The number of aryl methyl sites for hydroxylation is 1. The number of rotatable bonds is 4. The SMILES string of the molecule is Cc1cccc(CC(O)C2(c3ccccc3)CC2)c1. The fraction of sp³-hybridized carbons (Fsp3) is 0.333. The lowest BCUT2D eigenvalue weighted by atomic mass is 9.86. The average molecular weight is 252 g/mol. The van der Waals surface area contributed by atoms with E-state index >= 15 is 0 Å². The summed E-state index contributed by atoms with van der Waals surface area (Å²) < 4.78 is 0. The van der Waals surface area contributed by atoms with Crippen LogP contribution in [0.15, 0.2) is 54.6 Å². The minimum atomic E-state index is -0.281. The summed E-state index contributed by atoms with van der Waals surface area (Å²) in [6, 6.07) is 18.9. The van der Waals surface area contributed by atoms with Gasteiger partial charge in [-0.15, -0.1) is 0 Å². The van der Waals surface area contributed by atoms with Gasteiger partial charge in [-0.25, -0.2) is 0 Å². The summed E-state index contributed by atoms with van der Waals surface area (Å²) in [4.78, 5) is 0. The monoisotopic (exact) mass is 252 g/mol. The summed E-state index contributed by atoms with van der Waals surface area (Å²) in [5.74, 6) is 0. The molecule has 0 saturated heterocycles. The Morgan fingerprint density at radius 2 is 1.79 bits per heavy atom. The van der Waals surface area contributed by atoms with Crippen molar-refractivity contribution in [2.24, 2.45) is 0 Å². The van der Waals surface area contributed by atoms with Gasteiger partial charge in [-0.2, -0.15) is 0 Å². The van der Waals surface area contributed by atoms with Crippen molar-refractivity contribution >= 4 is 0 Å². The molecule has 0 heterocycles. The van der Waals surface area contributed by atoms with Crippen molar-refractivity contribution < 1.29 is 5.11 Å². The van der Waals surface area contributed by atoms with Crippen LogP contribution in [-0.2, 0) is 11.8 Å². The molecular formula is C18H20O. The van der Waals surface area contributed by atoms with Gasteiger partial charge in [0.15, 0.2) is 0 Å². The molecule has 1 heteroatoms. The quantitative estimate of drug-likeness (QED) is 0.881. The normalized spacial score (nSPS) is 18.0. The fourth-order valence-corrected chi connectivity index (χ4v) is 2.98. The molecule has 1 fully saturated rings. The molecule has 0 amide bonds. The number of hydrogen-bond acceptors (Lipinski definition) is 1. The molecule has 0 bridgehead atoms. The first-order valence-electron chi connectivity index (χ1n) is 7.00. The van der Waals surface area contributed by atoms with Crippen LogP contribution in [0.2, 0.25) is 0 Å². The smallest absolute Gasteiger partial charge is 0.0677 e. The molecule has 1 aliphatic rings. The van der Waals surface area contributed by atoms with Gasteiger partial charge in [-0.3, -0.25) is 0 Å². The van der Waals surface area contributed by atoms with Gasteiger partial charge in [0, 0.05) is 5.41 Å². The maximum Gasteiger partial charge on any atom is 0.0677 e. The Balaban J connectivity index is 1.79. The van der Waals surface area contributed by atoms with Crippen LogP contribution in [0.3, 0.4) is 0 Å². The Kier molecular flexibility index (Phi) is 3.16. The molecule has 0 spiro atoms. The van der Waals surface area contributed by atoms with Crippen molar-refractivity contribution in [2.75, 3.05) is 0 Å². The highest BCUT2D eigenvalue weighted by Crippen LogP contribution is 2.51. The van der Waals surface area contributed by atoms with Gasteiger partial charge in [-0.1, -0.05) is 60.2 Å². The Labute approximate surface area is 114 Å². The van der Waals surface area contributed by atoms with Gasteiger partial charge in [0.1, 0.15) is 0 Å².